The van der Waals surface area contributed by atoms with Gasteiger partial charge in [-0.2, -0.15) is 5.10 Å². The summed E-state index contributed by atoms with van der Waals surface area (Å²) in [4.78, 5) is 0. The minimum absolute atomic E-state index is 0.510. The van der Waals surface area contributed by atoms with Gasteiger partial charge in [0, 0.05) is 12.2 Å². The second kappa shape index (κ2) is 7.73. The van der Waals surface area contributed by atoms with E-state index >= 15 is 0 Å². The first-order chi connectivity index (χ1) is 9.78. The summed E-state index contributed by atoms with van der Waals surface area (Å²) in [7, 11) is 0. The molecule has 1 aromatic carbocycles. The Morgan fingerprint density at radius 1 is 1.20 bits per heavy atom. The van der Waals surface area contributed by atoms with Crippen molar-refractivity contribution in [2.24, 2.45) is 0 Å². The zero-order valence-electron chi connectivity index (χ0n) is 12.5. The molecule has 1 unspecified atom stereocenters. The number of anilines is 1. The summed E-state index contributed by atoms with van der Waals surface area (Å²) in [5.41, 5.74) is 2.39. The van der Waals surface area contributed by atoms with E-state index in [1.165, 1.54) is 31.2 Å². The number of benzene rings is 1. The molecule has 1 atom stereocenters. The Morgan fingerprint density at radius 2 is 2.00 bits per heavy atom. The molecule has 1 N–H and O–H groups in total. The van der Waals surface area contributed by atoms with Crippen molar-refractivity contribution < 1.29 is 0 Å². The predicted octanol–water partition coefficient (Wildman–Crippen LogP) is 4.31. The van der Waals surface area contributed by atoms with E-state index in [0.29, 0.717) is 6.04 Å². The van der Waals surface area contributed by atoms with Crippen molar-refractivity contribution in [3.63, 3.8) is 0 Å². The number of nitrogens with zero attached hydrogens (tertiary/aromatic N) is 2. The molecule has 0 aliphatic carbocycles. The lowest BCUT2D eigenvalue weighted by molar-refractivity contribution is 0.615. The molecule has 0 fully saturated rings. The Hall–Kier alpha value is -1.77. The van der Waals surface area contributed by atoms with Crippen LogP contribution in [-0.4, -0.2) is 15.8 Å². The first-order valence-electron chi connectivity index (χ1n) is 7.61. The highest BCUT2D eigenvalue weighted by atomic mass is 15.3. The van der Waals surface area contributed by atoms with Gasteiger partial charge in [0.1, 0.15) is 0 Å². The van der Waals surface area contributed by atoms with Gasteiger partial charge < -0.3 is 5.32 Å². The monoisotopic (exact) mass is 271 g/mol. The molecule has 0 aliphatic rings. The van der Waals surface area contributed by atoms with Crippen LogP contribution in [0.25, 0.3) is 0 Å². The van der Waals surface area contributed by atoms with Gasteiger partial charge in [-0.15, -0.1) is 0 Å². The molecule has 3 heteroatoms. The minimum Gasteiger partial charge on any atom is -0.380 e. The fourth-order valence-corrected chi connectivity index (χ4v) is 2.35. The van der Waals surface area contributed by atoms with Gasteiger partial charge in [-0.25, -0.2) is 0 Å². The quantitative estimate of drug-likeness (QED) is 0.725. The van der Waals surface area contributed by atoms with E-state index in [1.54, 1.807) is 0 Å². The summed E-state index contributed by atoms with van der Waals surface area (Å²) in [6.45, 7) is 5.31. The fraction of sp³-hybridized carbons (Fsp3) is 0.471. The lowest BCUT2D eigenvalue weighted by atomic mass is 10.1. The topological polar surface area (TPSA) is 29.9 Å². The summed E-state index contributed by atoms with van der Waals surface area (Å²) in [5.74, 6) is 0. The first-order valence-corrected chi connectivity index (χ1v) is 7.61. The first kappa shape index (κ1) is 14.6. The molecular weight excluding hydrogens is 246 g/mol. The van der Waals surface area contributed by atoms with Gasteiger partial charge >= 0.3 is 0 Å². The largest absolute Gasteiger partial charge is 0.380 e. The smallest absolute Gasteiger partial charge is 0.0728 e. The maximum Gasteiger partial charge on any atom is 0.0728 e. The SMILES string of the molecule is CCCCCC(C)Nc1cnn(Cc2ccccc2)c1. The molecule has 0 spiro atoms. The van der Waals surface area contributed by atoms with Crippen LogP contribution in [0.1, 0.15) is 45.1 Å². The van der Waals surface area contributed by atoms with Gasteiger partial charge in [0.2, 0.25) is 0 Å². The number of unbranched alkanes of at least 4 members (excludes halogenated alkanes) is 2. The standard InChI is InChI=1S/C17H25N3/c1-3-4-6-9-15(2)19-17-12-18-20(14-17)13-16-10-7-5-8-11-16/h5,7-8,10-12,14-15,19H,3-4,6,9,13H2,1-2H3. The third kappa shape index (κ3) is 4.72. The maximum atomic E-state index is 4.42. The Bertz CT molecular complexity index is 490. The zero-order chi connectivity index (χ0) is 14.2. The molecule has 0 bridgehead atoms. The van der Waals surface area contributed by atoms with Crippen LogP contribution in [0.5, 0.6) is 0 Å². The Kier molecular flexibility index (Phi) is 5.66. The predicted molar refractivity (Wildman–Crippen MR) is 85.0 cm³/mol. The van der Waals surface area contributed by atoms with Crippen LogP contribution in [0.2, 0.25) is 0 Å². The van der Waals surface area contributed by atoms with Crippen LogP contribution < -0.4 is 5.32 Å². The third-order valence-electron chi connectivity index (χ3n) is 3.47. The molecule has 1 heterocycles. The lowest BCUT2D eigenvalue weighted by Crippen LogP contribution is -2.14. The zero-order valence-corrected chi connectivity index (χ0v) is 12.5. The number of hydrogen-bond acceptors (Lipinski definition) is 2. The van der Waals surface area contributed by atoms with Gasteiger partial charge in [-0.05, 0) is 18.9 Å². The Labute approximate surface area is 122 Å². The molecule has 0 saturated carbocycles. The van der Waals surface area contributed by atoms with Crippen molar-refractivity contribution in [3.05, 3.63) is 48.3 Å². The average molecular weight is 271 g/mol. The number of rotatable bonds is 8. The summed E-state index contributed by atoms with van der Waals surface area (Å²) < 4.78 is 1.98. The van der Waals surface area contributed by atoms with E-state index in [4.69, 9.17) is 0 Å². The van der Waals surface area contributed by atoms with Crippen LogP contribution in [0.3, 0.4) is 0 Å². The van der Waals surface area contributed by atoms with Crippen LogP contribution in [0.4, 0.5) is 5.69 Å². The van der Waals surface area contributed by atoms with E-state index < -0.39 is 0 Å². The molecule has 2 aromatic rings. The molecule has 0 saturated heterocycles. The summed E-state index contributed by atoms with van der Waals surface area (Å²) >= 11 is 0. The maximum absolute atomic E-state index is 4.42. The van der Waals surface area contributed by atoms with Crippen molar-refractivity contribution in [2.75, 3.05) is 5.32 Å². The van der Waals surface area contributed by atoms with Gasteiger partial charge in [0.15, 0.2) is 0 Å². The van der Waals surface area contributed by atoms with Gasteiger partial charge in [-0.1, -0.05) is 56.5 Å². The van der Waals surface area contributed by atoms with Crippen molar-refractivity contribution in [3.8, 4) is 0 Å². The third-order valence-corrected chi connectivity index (χ3v) is 3.47. The van der Waals surface area contributed by atoms with Crippen LogP contribution in [0, 0.1) is 0 Å². The molecule has 0 amide bonds. The van der Waals surface area contributed by atoms with Crippen LogP contribution >= 0.6 is 0 Å². The minimum atomic E-state index is 0.510. The molecule has 20 heavy (non-hydrogen) atoms. The number of hydrogen-bond donors (Lipinski definition) is 1. The van der Waals surface area contributed by atoms with Crippen molar-refractivity contribution in [1.82, 2.24) is 9.78 Å². The average Bonchev–Trinajstić information content (AvgIpc) is 2.87. The molecule has 1 aromatic heterocycles. The number of nitrogens with one attached hydrogen (secondary N) is 1. The van der Waals surface area contributed by atoms with E-state index in [-0.39, 0.29) is 0 Å². The Morgan fingerprint density at radius 3 is 2.75 bits per heavy atom. The molecule has 3 nitrogen and oxygen atoms in total. The van der Waals surface area contributed by atoms with Gasteiger partial charge in [-0.3, -0.25) is 4.68 Å². The van der Waals surface area contributed by atoms with E-state index in [9.17, 15) is 0 Å². The van der Waals surface area contributed by atoms with Gasteiger partial charge in [0.25, 0.3) is 0 Å². The van der Waals surface area contributed by atoms with E-state index in [0.717, 1.165) is 12.2 Å². The highest BCUT2D eigenvalue weighted by molar-refractivity contribution is 5.39. The second-order valence-corrected chi connectivity index (χ2v) is 5.45. The molecular formula is C17H25N3. The van der Waals surface area contributed by atoms with Crippen LogP contribution in [0.15, 0.2) is 42.7 Å². The van der Waals surface area contributed by atoms with Gasteiger partial charge in [0.05, 0.1) is 18.4 Å². The summed E-state index contributed by atoms with van der Waals surface area (Å²) in [5, 5.41) is 7.94. The summed E-state index contributed by atoms with van der Waals surface area (Å²) in [6.07, 6.45) is 9.12. The molecule has 0 radical (unpaired) electrons. The van der Waals surface area contributed by atoms with Crippen molar-refractivity contribution in [2.45, 2.75) is 52.1 Å². The fourth-order valence-electron chi connectivity index (χ4n) is 2.35. The molecule has 0 aliphatic heterocycles. The molecule has 2 rings (SSSR count). The van der Waals surface area contributed by atoms with Crippen LogP contribution in [-0.2, 0) is 6.54 Å². The summed E-state index contributed by atoms with van der Waals surface area (Å²) in [6, 6.07) is 10.9. The van der Waals surface area contributed by atoms with E-state index in [1.807, 2.05) is 16.9 Å². The normalized spacial score (nSPS) is 12.3. The Balaban J connectivity index is 1.83. The highest BCUT2D eigenvalue weighted by Gasteiger charge is 2.04. The van der Waals surface area contributed by atoms with Crippen molar-refractivity contribution >= 4 is 5.69 Å². The highest BCUT2D eigenvalue weighted by Crippen LogP contribution is 2.12. The number of aromatic nitrogens is 2. The second-order valence-electron chi connectivity index (χ2n) is 5.45. The van der Waals surface area contributed by atoms with E-state index in [2.05, 4.69) is 54.7 Å². The molecule has 108 valence electrons. The van der Waals surface area contributed by atoms with Crippen molar-refractivity contribution in [1.29, 1.82) is 0 Å². The lowest BCUT2D eigenvalue weighted by Gasteiger charge is -2.12.